The zero-order valence-corrected chi connectivity index (χ0v) is 10.4. The van der Waals surface area contributed by atoms with Crippen LogP contribution in [-0.2, 0) is 6.42 Å². The summed E-state index contributed by atoms with van der Waals surface area (Å²) in [5.74, 6) is -0.270. The summed E-state index contributed by atoms with van der Waals surface area (Å²) in [6.07, 6.45) is 3.47. The molecule has 5 heteroatoms. The summed E-state index contributed by atoms with van der Waals surface area (Å²) < 4.78 is 13.1. The third-order valence-electron chi connectivity index (χ3n) is 3.81. The lowest BCUT2D eigenvalue weighted by Gasteiger charge is -2.21. The maximum absolute atomic E-state index is 13.1. The molecule has 0 saturated carbocycles. The van der Waals surface area contributed by atoms with Gasteiger partial charge in [0.25, 0.3) is 0 Å². The van der Waals surface area contributed by atoms with Gasteiger partial charge in [-0.1, -0.05) is 0 Å². The summed E-state index contributed by atoms with van der Waals surface area (Å²) in [6.45, 7) is 0.608. The molecular weight excluding hydrogens is 247 g/mol. The maximum atomic E-state index is 13.1. The maximum Gasteiger partial charge on any atom is 0.407 e. The van der Waals surface area contributed by atoms with E-state index in [1.54, 1.807) is 6.07 Å². The predicted octanol–water partition coefficient (Wildman–Crippen LogP) is 2.99. The van der Waals surface area contributed by atoms with Gasteiger partial charge in [-0.15, -0.1) is 0 Å². The van der Waals surface area contributed by atoms with Gasteiger partial charge in [0.1, 0.15) is 5.82 Å². The smallest absolute Gasteiger partial charge is 0.407 e. The molecule has 1 aliphatic heterocycles. The molecule has 1 amide bonds. The average Bonchev–Trinajstić information content (AvgIpc) is 2.97. The van der Waals surface area contributed by atoms with Gasteiger partial charge in [-0.2, -0.15) is 0 Å². The number of likely N-dealkylation sites (tertiary alicyclic amines) is 1. The number of amides is 1. The highest BCUT2D eigenvalue weighted by atomic mass is 19.1. The number of fused-ring (bicyclic) bond motifs is 1. The van der Waals surface area contributed by atoms with Crippen LogP contribution in [-0.4, -0.2) is 33.7 Å². The molecule has 1 aromatic carbocycles. The van der Waals surface area contributed by atoms with E-state index in [2.05, 4.69) is 4.98 Å². The molecule has 100 valence electrons. The van der Waals surface area contributed by atoms with Crippen LogP contribution in [0.25, 0.3) is 10.9 Å². The van der Waals surface area contributed by atoms with E-state index in [-0.39, 0.29) is 11.9 Å². The summed E-state index contributed by atoms with van der Waals surface area (Å²) in [5, 5.41) is 10.1. The Labute approximate surface area is 109 Å². The van der Waals surface area contributed by atoms with Crippen molar-refractivity contribution in [2.75, 3.05) is 6.54 Å². The zero-order chi connectivity index (χ0) is 13.4. The monoisotopic (exact) mass is 262 g/mol. The Morgan fingerprint density at radius 3 is 3.16 bits per heavy atom. The zero-order valence-electron chi connectivity index (χ0n) is 10.4. The van der Waals surface area contributed by atoms with Crippen LogP contribution in [0.1, 0.15) is 18.4 Å². The van der Waals surface area contributed by atoms with Crippen molar-refractivity contribution < 1.29 is 14.3 Å². The summed E-state index contributed by atoms with van der Waals surface area (Å²) >= 11 is 0. The standard InChI is InChI=1S/C14H15FN2O2/c15-10-3-4-12-9(8-16-13(12)7-10)6-11-2-1-5-17(11)14(18)19/h3-4,7-8,11,16H,1-2,5-6H2,(H,18,19)/t11-/m0/s1. The van der Waals surface area contributed by atoms with E-state index in [4.69, 9.17) is 5.11 Å². The quantitative estimate of drug-likeness (QED) is 0.874. The van der Waals surface area contributed by atoms with Crippen molar-refractivity contribution in [3.05, 3.63) is 35.8 Å². The van der Waals surface area contributed by atoms with Crippen LogP contribution in [0.4, 0.5) is 9.18 Å². The molecule has 2 aromatic rings. The summed E-state index contributed by atoms with van der Waals surface area (Å²) in [6, 6.07) is 4.67. The topological polar surface area (TPSA) is 56.3 Å². The van der Waals surface area contributed by atoms with Gasteiger partial charge in [-0.25, -0.2) is 9.18 Å². The molecule has 0 aliphatic carbocycles. The van der Waals surface area contributed by atoms with Crippen molar-refractivity contribution in [1.82, 2.24) is 9.88 Å². The second-order valence-electron chi connectivity index (χ2n) is 4.98. The van der Waals surface area contributed by atoms with Gasteiger partial charge in [0.15, 0.2) is 0 Å². The number of carbonyl (C=O) groups is 1. The molecule has 19 heavy (non-hydrogen) atoms. The van der Waals surface area contributed by atoms with Gasteiger partial charge in [-0.3, -0.25) is 0 Å². The SMILES string of the molecule is O=C(O)N1CCC[C@H]1Cc1c[nH]c2cc(F)ccc12. The Morgan fingerprint density at radius 2 is 2.37 bits per heavy atom. The predicted molar refractivity (Wildman–Crippen MR) is 69.7 cm³/mol. The fourth-order valence-electron chi connectivity index (χ4n) is 2.88. The number of aromatic nitrogens is 1. The Hall–Kier alpha value is -2.04. The van der Waals surface area contributed by atoms with Gasteiger partial charge in [0.2, 0.25) is 0 Å². The molecule has 4 nitrogen and oxygen atoms in total. The highest BCUT2D eigenvalue weighted by Gasteiger charge is 2.28. The second kappa shape index (κ2) is 4.57. The third-order valence-corrected chi connectivity index (χ3v) is 3.81. The number of nitrogens with zero attached hydrogens (tertiary/aromatic N) is 1. The van der Waals surface area contributed by atoms with E-state index >= 15 is 0 Å². The molecule has 2 heterocycles. The van der Waals surface area contributed by atoms with E-state index in [0.29, 0.717) is 13.0 Å². The van der Waals surface area contributed by atoms with Gasteiger partial charge in [0, 0.05) is 29.7 Å². The number of carboxylic acid groups (broad SMARTS) is 1. The summed E-state index contributed by atoms with van der Waals surface area (Å²) in [5.41, 5.74) is 1.81. The number of benzene rings is 1. The minimum atomic E-state index is -0.853. The molecule has 0 spiro atoms. The van der Waals surface area contributed by atoms with E-state index < -0.39 is 6.09 Å². The molecule has 1 saturated heterocycles. The minimum Gasteiger partial charge on any atom is -0.465 e. The van der Waals surface area contributed by atoms with E-state index in [1.165, 1.54) is 17.0 Å². The van der Waals surface area contributed by atoms with E-state index in [0.717, 1.165) is 29.3 Å². The Morgan fingerprint density at radius 1 is 1.53 bits per heavy atom. The van der Waals surface area contributed by atoms with Crippen LogP contribution in [0, 0.1) is 5.82 Å². The first-order valence-corrected chi connectivity index (χ1v) is 6.40. The summed E-state index contributed by atoms with van der Waals surface area (Å²) in [7, 11) is 0. The van der Waals surface area contributed by atoms with Crippen molar-refractivity contribution in [3.8, 4) is 0 Å². The summed E-state index contributed by atoms with van der Waals surface area (Å²) in [4.78, 5) is 15.7. The second-order valence-corrected chi connectivity index (χ2v) is 4.98. The lowest BCUT2D eigenvalue weighted by Crippen LogP contribution is -2.35. The Kier molecular flexibility index (Phi) is 2.89. The fraction of sp³-hybridized carbons (Fsp3) is 0.357. The first kappa shape index (κ1) is 12.0. The van der Waals surface area contributed by atoms with Gasteiger partial charge in [-0.05, 0) is 43.0 Å². The van der Waals surface area contributed by atoms with E-state index in [9.17, 15) is 9.18 Å². The fourth-order valence-corrected chi connectivity index (χ4v) is 2.88. The van der Waals surface area contributed by atoms with Gasteiger partial charge in [0.05, 0.1) is 0 Å². The third kappa shape index (κ3) is 2.16. The van der Waals surface area contributed by atoms with Crippen LogP contribution >= 0.6 is 0 Å². The largest absolute Gasteiger partial charge is 0.465 e. The van der Waals surface area contributed by atoms with Crippen molar-refractivity contribution >= 4 is 17.0 Å². The highest BCUT2D eigenvalue weighted by Crippen LogP contribution is 2.26. The lowest BCUT2D eigenvalue weighted by molar-refractivity contribution is 0.140. The first-order valence-electron chi connectivity index (χ1n) is 6.40. The number of aromatic amines is 1. The molecule has 0 bridgehead atoms. The van der Waals surface area contributed by atoms with Crippen LogP contribution in [0.2, 0.25) is 0 Å². The molecule has 0 unspecified atom stereocenters. The molecule has 2 N–H and O–H groups in total. The molecule has 1 aromatic heterocycles. The van der Waals surface area contributed by atoms with E-state index in [1.807, 2.05) is 6.20 Å². The van der Waals surface area contributed by atoms with Crippen molar-refractivity contribution in [3.63, 3.8) is 0 Å². The van der Waals surface area contributed by atoms with Crippen LogP contribution in [0.3, 0.4) is 0 Å². The molecule has 1 aliphatic rings. The number of H-pyrrole nitrogens is 1. The van der Waals surface area contributed by atoms with Crippen LogP contribution in [0.5, 0.6) is 0 Å². The average molecular weight is 262 g/mol. The number of halogens is 1. The molecule has 0 radical (unpaired) electrons. The van der Waals surface area contributed by atoms with Crippen LogP contribution in [0.15, 0.2) is 24.4 Å². The molecular formula is C14H15FN2O2. The number of hydrogen-bond donors (Lipinski definition) is 2. The van der Waals surface area contributed by atoms with Crippen molar-refractivity contribution in [1.29, 1.82) is 0 Å². The molecule has 1 fully saturated rings. The lowest BCUT2D eigenvalue weighted by atomic mass is 10.0. The van der Waals surface area contributed by atoms with Crippen LogP contribution < -0.4 is 0 Å². The Bertz CT molecular complexity index is 623. The number of nitrogens with one attached hydrogen (secondary N) is 1. The Balaban J connectivity index is 1.87. The normalized spacial score (nSPS) is 19.2. The number of hydrogen-bond acceptors (Lipinski definition) is 1. The van der Waals surface area contributed by atoms with Crippen molar-refractivity contribution in [2.24, 2.45) is 0 Å². The minimum absolute atomic E-state index is 0.0292. The van der Waals surface area contributed by atoms with Gasteiger partial charge >= 0.3 is 6.09 Å². The highest BCUT2D eigenvalue weighted by molar-refractivity contribution is 5.83. The molecule has 3 rings (SSSR count). The number of rotatable bonds is 2. The van der Waals surface area contributed by atoms with Gasteiger partial charge < -0.3 is 15.0 Å². The first-order chi connectivity index (χ1) is 9.15. The van der Waals surface area contributed by atoms with Crippen molar-refractivity contribution in [2.45, 2.75) is 25.3 Å². The molecule has 1 atom stereocenters.